The number of rotatable bonds is 3. The highest BCUT2D eigenvalue weighted by atomic mass is 19.1. The highest BCUT2D eigenvalue weighted by Crippen LogP contribution is 2.29. The van der Waals surface area contributed by atoms with Gasteiger partial charge in [0.15, 0.2) is 5.82 Å². The molecule has 0 radical (unpaired) electrons. The highest BCUT2D eigenvalue weighted by Gasteiger charge is 2.13. The van der Waals surface area contributed by atoms with E-state index in [1.54, 1.807) is 36.4 Å². The van der Waals surface area contributed by atoms with Crippen LogP contribution in [0.3, 0.4) is 0 Å². The minimum absolute atomic E-state index is 0.246. The first-order valence-corrected chi connectivity index (χ1v) is 7.75. The first-order chi connectivity index (χ1) is 12.2. The number of anilines is 2. The van der Waals surface area contributed by atoms with Crippen LogP contribution < -0.4 is 5.32 Å². The third-order valence-corrected chi connectivity index (χ3v) is 3.84. The summed E-state index contributed by atoms with van der Waals surface area (Å²) < 4.78 is 28.1. The number of halogens is 2. The molecule has 3 nitrogen and oxygen atoms in total. The zero-order chi connectivity index (χ0) is 17.2. The largest absolute Gasteiger partial charge is 0.337 e. The van der Waals surface area contributed by atoms with E-state index in [-0.39, 0.29) is 5.82 Å². The lowest BCUT2D eigenvalue weighted by atomic mass is 10.1. The molecule has 0 fully saturated rings. The molecular weight excluding hydrogens is 320 g/mol. The van der Waals surface area contributed by atoms with E-state index in [2.05, 4.69) is 15.3 Å². The van der Waals surface area contributed by atoms with E-state index in [0.717, 1.165) is 5.39 Å². The van der Waals surface area contributed by atoms with Crippen LogP contribution in [0.5, 0.6) is 0 Å². The molecule has 3 aromatic carbocycles. The molecule has 4 aromatic rings. The molecule has 1 aromatic heterocycles. The number of para-hydroxylation sites is 2. The van der Waals surface area contributed by atoms with Gasteiger partial charge in [0.2, 0.25) is 0 Å². The van der Waals surface area contributed by atoms with Gasteiger partial charge in [0.25, 0.3) is 0 Å². The molecule has 5 heteroatoms. The topological polar surface area (TPSA) is 37.8 Å². The molecule has 0 saturated carbocycles. The number of benzene rings is 3. The maximum Gasteiger partial charge on any atom is 0.165 e. The van der Waals surface area contributed by atoms with Crippen molar-refractivity contribution in [2.24, 2.45) is 0 Å². The molecule has 0 bridgehead atoms. The van der Waals surface area contributed by atoms with Crippen LogP contribution in [0.15, 0.2) is 72.8 Å². The Bertz CT molecular complexity index is 1060. The first kappa shape index (κ1) is 15.2. The summed E-state index contributed by atoms with van der Waals surface area (Å²) in [5, 5.41) is 3.72. The average molecular weight is 333 g/mol. The van der Waals surface area contributed by atoms with E-state index in [1.165, 1.54) is 12.1 Å². The summed E-state index contributed by atoms with van der Waals surface area (Å²) >= 11 is 0. The van der Waals surface area contributed by atoms with Gasteiger partial charge < -0.3 is 5.32 Å². The van der Waals surface area contributed by atoms with Crippen molar-refractivity contribution in [1.82, 2.24) is 9.97 Å². The Morgan fingerprint density at radius 2 is 1.36 bits per heavy atom. The lowest BCUT2D eigenvalue weighted by Gasteiger charge is -2.12. The molecule has 0 aliphatic heterocycles. The molecule has 0 spiro atoms. The maximum absolute atomic E-state index is 14.1. The van der Waals surface area contributed by atoms with Crippen LogP contribution in [0.4, 0.5) is 20.3 Å². The van der Waals surface area contributed by atoms with Gasteiger partial charge in [-0.3, -0.25) is 0 Å². The van der Waals surface area contributed by atoms with Gasteiger partial charge in [-0.15, -0.1) is 0 Å². The van der Waals surface area contributed by atoms with Crippen molar-refractivity contribution >= 4 is 22.4 Å². The van der Waals surface area contributed by atoms with E-state index >= 15 is 0 Å². The fourth-order valence-electron chi connectivity index (χ4n) is 2.63. The zero-order valence-electron chi connectivity index (χ0n) is 13.1. The van der Waals surface area contributed by atoms with Crippen LogP contribution in [0, 0.1) is 11.6 Å². The average Bonchev–Trinajstić information content (AvgIpc) is 2.64. The molecule has 0 atom stereocenters. The fourth-order valence-corrected chi connectivity index (χ4v) is 2.63. The SMILES string of the molecule is Fc1ccccc1Nc1nc(-c2ccccc2F)nc2ccccc12. The standard InChI is InChI=1S/C20H13F2N3/c21-15-9-3-1-7-13(15)19-23-17-11-5-2-8-14(17)20(25-19)24-18-12-6-4-10-16(18)22/h1-12H,(H,23,24,25). The molecule has 0 aliphatic carbocycles. The molecule has 122 valence electrons. The molecule has 4 rings (SSSR count). The Kier molecular flexibility index (Phi) is 3.82. The first-order valence-electron chi connectivity index (χ1n) is 7.75. The number of aromatic nitrogens is 2. The molecule has 1 heterocycles. The van der Waals surface area contributed by atoms with Gasteiger partial charge in [-0.1, -0.05) is 36.4 Å². The molecule has 0 unspecified atom stereocenters. The van der Waals surface area contributed by atoms with Crippen LogP contribution in [0.25, 0.3) is 22.3 Å². The van der Waals surface area contributed by atoms with E-state index in [1.807, 2.05) is 24.3 Å². The van der Waals surface area contributed by atoms with Crippen molar-refractivity contribution in [3.63, 3.8) is 0 Å². The van der Waals surface area contributed by atoms with Crippen LogP contribution in [0.1, 0.15) is 0 Å². The van der Waals surface area contributed by atoms with Crippen molar-refractivity contribution in [2.45, 2.75) is 0 Å². The van der Waals surface area contributed by atoms with Gasteiger partial charge >= 0.3 is 0 Å². The summed E-state index contributed by atoms with van der Waals surface area (Å²) in [6, 6.07) is 20.0. The minimum Gasteiger partial charge on any atom is -0.337 e. The molecule has 0 aliphatic rings. The zero-order valence-corrected chi connectivity index (χ0v) is 13.1. The summed E-state index contributed by atoms with van der Waals surface area (Å²) in [5.41, 5.74) is 1.24. The van der Waals surface area contributed by atoms with Crippen LogP contribution in [0.2, 0.25) is 0 Å². The Morgan fingerprint density at radius 1 is 0.680 bits per heavy atom. The monoisotopic (exact) mass is 333 g/mol. The summed E-state index contributed by atoms with van der Waals surface area (Å²) in [4.78, 5) is 8.89. The Morgan fingerprint density at radius 3 is 2.16 bits per heavy atom. The van der Waals surface area contributed by atoms with Crippen LogP contribution in [-0.4, -0.2) is 9.97 Å². The maximum atomic E-state index is 14.1. The Balaban J connectivity index is 1.91. The number of hydrogen-bond donors (Lipinski definition) is 1. The van der Waals surface area contributed by atoms with Gasteiger partial charge in [-0.2, -0.15) is 0 Å². The van der Waals surface area contributed by atoms with Crippen molar-refractivity contribution < 1.29 is 8.78 Å². The Hall–Kier alpha value is -3.34. The second kappa shape index (κ2) is 6.28. The van der Waals surface area contributed by atoms with E-state index in [0.29, 0.717) is 22.6 Å². The van der Waals surface area contributed by atoms with E-state index < -0.39 is 11.6 Å². The van der Waals surface area contributed by atoms with Crippen LogP contribution >= 0.6 is 0 Å². The normalized spacial score (nSPS) is 10.8. The summed E-state index contributed by atoms with van der Waals surface area (Å²) in [6.07, 6.45) is 0. The lowest BCUT2D eigenvalue weighted by Crippen LogP contribution is -2.01. The summed E-state index contributed by atoms with van der Waals surface area (Å²) in [7, 11) is 0. The number of hydrogen-bond acceptors (Lipinski definition) is 3. The number of nitrogens with one attached hydrogen (secondary N) is 1. The third-order valence-electron chi connectivity index (χ3n) is 3.84. The van der Waals surface area contributed by atoms with Crippen molar-refractivity contribution in [3.05, 3.63) is 84.4 Å². The lowest BCUT2D eigenvalue weighted by molar-refractivity contribution is 0.629. The minimum atomic E-state index is -0.408. The van der Waals surface area contributed by atoms with Gasteiger partial charge in [0.1, 0.15) is 17.5 Å². The van der Waals surface area contributed by atoms with Gasteiger partial charge in [0, 0.05) is 5.39 Å². The number of fused-ring (bicyclic) bond motifs is 1. The van der Waals surface area contributed by atoms with Crippen molar-refractivity contribution in [3.8, 4) is 11.4 Å². The number of nitrogens with zero attached hydrogens (tertiary/aromatic N) is 2. The molecular formula is C20H13F2N3. The molecule has 0 saturated heterocycles. The fraction of sp³-hybridized carbons (Fsp3) is 0. The summed E-state index contributed by atoms with van der Waals surface area (Å²) in [6.45, 7) is 0. The predicted molar refractivity (Wildman–Crippen MR) is 94.6 cm³/mol. The van der Waals surface area contributed by atoms with Gasteiger partial charge in [-0.25, -0.2) is 18.7 Å². The second-order valence-corrected chi connectivity index (χ2v) is 5.50. The smallest absolute Gasteiger partial charge is 0.165 e. The van der Waals surface area contributed by atoms with Crippen LogP contribution in [-0.2, 0) is 0 Å². The quantitative estimate of drug-likeness (QED) is 0.551. The molecule has 0 amide bonds. The van der Waals surface area contributed by atoms with Gasteiger partial charge in [0.05, 0.1) is 16.8 Å². The molecule has 1 N–H and O–H groups in total. The predicted octanol–water partition coefficient (Wildman–Crippen LogP) is 5.32. The van der Waals surface area contributed by atoms with E-state index in [4.69, 9.17) is 0 Å². The third kappa shape index (κ3) is 2.92. The van der Waals surface area contributed by atoms with Crippen molar-refractivity contribution in [2.75, 3.05) is 5.32 Å². The summed E-state index contributed by atoms with van der Waals surface area (Å²) in [5.74, 6) is -0.128. The van der Waals surface area contributed by atoms with E-state index in [9.17, 15) is 8.78 Å². The van der Waals surface area contributed by atoms with Gasteiger partial charge in [-0.05, 0) is 36.4 Å². The Labute approximate surface area is 143 Å². The highest BCUT2D eigenvalue weighted by molar-refractivity contribution is 5.92. The molecule has 25 heavy (non-hydrogen) atoms. The van der Waals surface area contributed by atoms with Crippen molar-refractivity contribution in [1.29, 1.82) is 0 Å². The second-order valence-electron chi connectivity index (χ2n) is 5.50.